The van der Waals surface area contributed by atoms with Crippen LogP contribution in [0.3, 0.4) is 0 Å². The van der Waals surface area contributed by atoms with Crippen molar-refractivity contribution in [1.29, 1.82) is 0 Å². The van der Waals surface area contributed by atoms with E-state index in [9.17, 15) is 0 Å². The van der Waals surface area contributed by atoms with Gasteiger partial charge in [-0.25, -0.2) is 0 Å². The van der Waals surface area contributed by atoms with Gasteiger partial charge < -0.3 is 5.32 Å². The van der Waals surface area contributed by atoms with Crippen molar-refractivity contribution in [3.8, 4) is 0 Å². The van der Waals surface area contributed by atoms with Gasteiger partial charge in [-0.05, 0) is 49.1 Å². The Bertz CT molecular complexity index is 545. The molecular weight excluding hydrogens is 278 g/mol. The molecule has 0 aromatic heterocycles. The lowest BCUT2D eigenvalue weighted by molar-refractivity contribution is 0.494. The fraction of sp³-hybridized carbons (Fsp3) is 0.368. The van der Waals surface area contributed by atoms with Crippen LogP contribution in [0.15, 0.2) is 48.5 Å². The molecule has 2 heteroatoms. The quantitative estimate of drug-likeness (QED) is 0.721. The summed E-state index contributed by atoms with van der Waals surface area (Å²) in [5.41, 5.74) is 4.00. The normalized spacial score (nSPS) is 13.9. The van der Waals surface area contributed by atoms with Gasteiger partial charge >= 0.3 is 0 Å². The molecule has 2 aromatic carbocycles. The topological polar surface area (TPSA) is 12.0 Å². The molecule has 0 fully saturated rings. The highest BCUT2D eigenvalue weighted by molar-refractivity contribution is 6.30. The highest BCUT2D eigenvalue weighted by atomic mass is 35.5. The largest absolute Gasteiger partial charge is 0.304 e. The molecule has 0 radical (unpaired) electrons. The summed E-state index contributed by atoms with van der Waals surface area (Å²) in [5, 5.41) is 4.42. The zero-order valence-corrected chi connectivity index (χ0v) is 13.8. The monoisotopic (exact) mass is 301 g/mol. The number of nitrogens with one attached hydrogen (secondary N) is 1. The van der Waals surface area contributed by atoms with Crippen LogP contribution in [-0.4, -0.2) is 0 Å². The van der Waals surface area contributed by atoms with Crippen LogP contribution in [0, 0.1) is 0 Å². The van der Waals surface area contributed by atoms with Gasteiger partial charge in [-0.2, -0.15) is 0 Å². The second-order valence-electron chi connectivity index (χ2n) is 5.65. The highest BCUT2D eigenvalue weighted by Gasteiger charge is 2.11. The molecule has 0 amide bonds. The summed E-state index contributed by atoms with van der Waals surface area (Å²) in [6.45, 7) is 6.61. The molecule has 112 valence electrons. The third-order valence-corrected chi connectivity index (χ3v) is 4.14. The van der Waals surface area contributed by atoms with Gasteiger partial charge in [0.1, 0.15) is 0 Å². The molecule has 2 aromatic rings. The Morgan fingerprint density at radius 1 is 0.857 bits per heavy atom. The van der Waals surface area contributed by atoms with Gasteiger partial charge in [-0.15, -0.1) is 0 Å². The van der Waals surface area contributed by atoms with Gasteiger partial charge in [0.05, 0.1) is 0 Å². The number of hydrogen-bond donors (Lipinski definition) is 1. The fourth-order valence-electron chi connectivity index (χ4n) is 2.58. The standard InChI is InChI=1S/C19H24ClN/c1-4-5-16-6-8-17(9-7-16)14(2)21-15(3)18-10-12-19(20)13-11-18/h6-15,21H,4-5H2,1-3H3. The first-order valence-corrected chi connectivity index (χ1v) is 8.08. The van der Waals surface area contributed by atoms with Crippen LogP contribution < -0.4 is 5.32 Å². The molecule has 0 spiro atoms. The van der Waals surface area contributed by atoms with Crippen LogP contribution in [0.25, 0.3) is 0 Å². The first-order valence-electron chi connectivity index (χ1n) is 7.70. The first kappa shape index (κ1) is 16.1. The summed E-state index contributed by atoms with van der Waals surface area (Å²) in [6.07, 6.45) is 2.35. The second kappa shape index (κ2) is 7.63. The van der Waals surface area contributed by atoms with Crippen LogP contribution >= 0.6 is 11.6 Å². The van der Waals surface area contributed by atoms with Crippen molar-refractivity contribution in [3.63, 3.8) is 0 Å². The third-order valence-electron chi connectivity index (χ3n) is 3.89. The molecule has 21 heavy (non-hydrogen) atoms. The lowest BCUT2D eigenvalue weighted by atomic mass is 10.0. The number of rotatable bonds is 6. The Balaban J connectivity index is 1.99. The van der Waals surface area contributed by atoms with Gasteiger partial charge in [0.15, 0.2) is 0 Å². The summed E-state index contributed by atoms with van der Waals surface area (Å²) in [4.78, 5) is 0. The van der Waals surface area contributed by atoms with E-state index in [2.05, 4.69) is 62.5 Å². The lowest BCUT2D eigenvalue weighted by Crippen LogP contribution is -2.22. The minimum atomic E-state index is 0.299. The van der Waals surface area contributed by atoms with Gasteiger partial charge in [0.2, 0.25) is 0 Å². The van der Waals surface area contributed by atoms with Gasteiger partial charge in [-0.3, -0.25) is 0 Å². The van der Waals surface area contributed by atoms with Gasteiger partial charge in [0, 0.05) is 17.1 Å². The molecule has 0 aliphatic carbocycles. The van der Waals surface area contributed by atoms with Crippen molar-refractivity contribution >= 4 is 11.6 Å². The average Bonchev–Trinajstić information content (AvgIpc) is 2.49. The van der Waals surface area contributed by atoms with Crippen LogP contribution in [0.4, 0.5) is 0 Å². The van der Waals surface area contributed by atoms with Crippen LogP contribution in [0.5, 0.6) is 0 Å². The van der Waals surface area contributed by atoms with Crippen molar-refractivity contribution in [1.82, 2.24) is 5.32 Å². The average molecular weight is 302 g/mol. The molecule has 0 bridgehead atoms. The minimum Gasteiger partial charge on any atom is -0.304 e. The maximum Gasteiger partial charge on any atom is 0.0406 e. The van der Waals surface area contributed by atoms with E-state index in [1.54, 1.807) is 0 Å². The molecule has 0 heterocycles. The fourth-order valence-corrected chi connectivity index (χ4v) is 2.71. The van der Waals surface area contributed by atoms with Crippen molar-refractivity contribution in [3.05, 3.63) is 70.2 Å². The first-order chi connectivity index (χ1) is 10.1. The van der Waals surface area contributed by atoms with E-state index in [0.717, 1.165) is 11.4 Å². The molecule has 0 saturated heterocycles. The molecule has 0 aliphatic heterocycles. The van der Waals surface area contributed by atoms with Crippen molar-refractivity contribution in [2.45, 2.75) is 45.7 Å². The van der Waals surface area contributed by atoms with Crippen LogP contribution in [-0.2, 0) is 6.42 Å². The summed E-state index contributed by atoms with van der Waals surface area (Å²) in [5.74, 6) is 0. The highest BCUT2D eigenvalue weighted by Crippen LogP contribution is 2.21. The summed E-state index contributed by atoms with van der Waals surface area (Å²) in [7, 11) is 0. The maximum atomic E-state index is 5.94. The predicted octanol–water partition coefficient (Wildman–Crippen LogP) is 5.70. The SMILES string of the molecule is CCCc1ccc(C(C)NC(C)c2ccc(Cl)cc2)cc1. The summed E-state index contributed by atoms with van der Waals surface area (Å²) >= 11 is 5.94. The van der Waals surface area contributed by atoms with Crippen molar-refractivity contribution < 1.29 is 0 Å². The smallest absolute Gasteiger partial charge is 0.0406 e. The summed E-state index contributed by atoms with van der Waals surface area (Å²) in [6, 6.07) is 17.6. The molecule has 0 aliphatic rings. The van der Waals surface area contributed by atoms with Crippen molar-refractivity contribution in [2.24, 2.45) is 0 Å². The molecule has 2 unspecified atom stereocenters. The number of hydrogen-bond acceptors (Lipinski definition) is 1. The molecule has 1 N–H and O–H groups in total. The Morgan fingerprint density at radius 3 is 1.81 bits per heavy atom. The zero-order chi connectivity index (χ0) is 15.2. The number of aryl methyl sites for hydroxylation is 1. The molecule has 1 nitrogen and oxygen atoms in total. The van der Waals surface area contributed by atoms with Crippen LogP contribution in [0.1, 0.15) is 56.0 Å². The third kappa shape index (κ3) is 4.59. The zero-order valence-electron chi connectivity index (χ0n) is 13.1. The van der Waals surface area contributed by atoms with Gasteiger partial charge in [0.25, 0.3) is 0 Å². The maximum absolute atomic E-state index is 5.94. The van der Waals surface area contributed by atoms with E-state index in [1.165, 1.54) is 23.1 Å². The molecule has 0 saturated carbocycles. The minimum absolute atomic E-state index is 0.299. The Morgan fingerprint density at radius 2 is 1.33 bits per heavy atom. The van der Waals surface area contributed by atoms with E-state index < -0.39 is 0 Å². The van der Waals surface area contributed by atoms with E-state index in [1.807, 2.05) is 12.1 Å². The number of halogens is 1. The van der Waals surface area contributed by atoms with Gasteiger partial charge in [-0.1, -0.05) is 61.3 Å². The number of benzene rings is 2. The lowest BCUT2D eigenvalue weighted by Gasteiger charge is -2.21. The molecule has 2 rings (SSSR count). The summed E-state index contributed by atoms with van der Waals surface area (Å²) < 4.78 is 0. The predicted molar refractivity (Wildman–Crippen MR) is 91.9 cm³/mol. The second-order valence-corrected chi connectivity index (χ2v) is 6.09. The van der Waals surface area contributed by atoms with Crippen LogP contribution in [0.2, 0.25) is 5.02 Å². The Labute approximate surface area is 133 Å². The van der Waals surface area contributed by atoms with E-state index >= 15 is 0 Å². The Hall–Kier alpha value is -1.31. The Kier molecular flexibility index (Phi) is 5.84. The van der Waals surface area contributed by atoms with Crippen molar-refractivity contribution in [2.75, 3.05) is 0 Å². The van der Waals surface area contributed by atoms with E-state index in [4.69, 9.17) is 11.6 Å². The van der Waals surface area contributed by atoms with E-state index in [-0.39, 0.29) is 0 Å². The molecule has 2 atom stereocenters. The molecular formula is C19H24ClN. The van der Waals surface area contributed by atoms with E-state index in [0.29, 0.717) is 12.1 Å².